The molecule has 28 heavy (non-hydrogen) atoms. The van der Waals surface area contributed by atoms with Gasteiger partial charge in [-0.15, -0.1) is 0 Å². The number of urea groups is 1. The van der Waals surface area contributed by atoms with Crippen LogP contribution in [-0.2, 0) is 4.79 Å². The molecule has 2 N–H and O–H groups in total. The standard InChI is InChI=1S/C20H18BrN5O2/c21-14-6-8-15(9-7-14)23-20(28)24-18-10-11-25(19(18)27)17-12-22-26(13-17)16-4-2-1-3-5-16/h1-9,12-13,18H,10-11H2,(H2,23,24,28). The fourth-order valence-electron chi connectivity index (χ4n) is 3.10. The van der Waals surface area contributed by atoms with Gasteiger partial charge in [-0.2, -0.15) is 5.10 Å². The normalized spacial score (nSPS) is 16.2. The van der Waals surface area contributed by atoms with E-state index >= 15 is 0 Å². The second-order valence-electron chi connectivity index (χ2n) is 6.42. The van der Waals surface area contributed by atoms with E-state index in [1.165, 1.54) is 0 Å². The lowest BCUT2D eigenvalue weighted by atomic mass is 10.2. The highest BCUT2D eigenvalue weighted by Crippen LogP contribution is 2.22. The Kier molecular flexibility index (Phi) is 5.12. The first-order valence-electron chi connectivity index (χ1n) is 8.85. The molecule has 8 heteroatoms. The van der Waals surface area contributed by atoms with Gasteiger partial charge in [0.1, 0.15) is 6.04 Å². The van der Waals surface area contributed by atoms with Gasteiger partial charge in [-0.1, -0.05) is 34.1 Å². The maximum atomic E-state index is 12.7. The van der Waals surface area contributed by atoms with Gasteiger partial charge in [-0.05, 0) is 42.8 Å². The number of aromatic nitrogens is 2. The number of rotatable bonds is 4. The summed E-state index contributed by atoms with van der Waals surface area (Å²) in [6, 6.07) is 16.0. The van der Waals surface area contributed by atoms with Crippen LogP contribution >= 0.6 is 15.9 Å². The van der Waals surface area contributed by atoms with Crippen LogP contribution in [0.15, 0.2) is 71.5 Å². The van der Waals surface area contributed by atoms with Crippen molar-refractivity contribution in [1.82, 2.24) is 15.1 Å². The van der Waals surface area contributed by atoms with Crippen LogP contribution in [0.4, 0.5) is 16.2 Å². The Labute approximate surface area is 170 Å². The van der Waals surface area contributed by atoms with Crippen molar-refractivity contribution in [1.29, 1.82) is 0 Å². The first-order valence-corrected chi connectivity index (χ1v) is 9.64. The number of nitrogens with one attached hydrogen (secondary N) is 2. The third kappa shape index (κ3) is 3.91. The Bertz CT molecular complexity index is 987. The van der Waals surface area contributed by atoms with E-state index in [-0.39, 0.29) is 5.91 Å². The van der Waals surface area contributed by atoms with Gasteiger partial charge >= 0.3 is 6.03 Å². The summed E-state index contributed by atoms with van der Waals surface area (Å²) in [6.07, 6.45) is 4.02. The maximum Gasteiger partial charge on any atom is 0.319 e. The molecule has 3 amide bonds. The number of carbonyl (C=O) groups excluding carboxylic acids is 2. The molecule has 0 bridgehead atoms. The van der Waals surface area contributed by atoms with Crippen molar-refractivity contribution in [3.8, 4) is 5.69 Å². The summed E-state index contributed by atoms with van der Waals surface area (Å²) in [5.41, 5.74) is 2.29. The van der Waals surface area contributed by atoms with Gasteiger partial charge in [0.25, 0.3) is 0 Å². The molecule has 3 aromatic rings. The predicted octanol–water partition coefficient (Wildman–Crippen LogP) is 3.56. The number of nitrogens with zero attached hydrogens (tertiary/aromatic N) is 3. The van der Waals surface area contributed by atoms with Gasteiger partial charge in [0.05, 0.1) is 23.8 Å². The van der Waals surface area contributed by atoms with E-state index in [9.17, 15) is 9.59 Å². The van der Waals surface area contributed by atoms with Crippen LogP contribution in [0, 0.1) is 0 Å². The molecule has 2 heterocycles. The maximum absolute atomic E-state index is 12.7. The second kappa shape index (κ2) is 7.85. The predicted molar refractivity (Wildman–Crippen MR) is 111 cm³/mol. The van der Waals surface area contributed by atoms with Crippen LogP contribution in [-0.4, -0.2) is 34.3 Å². The number of amides is 3. The van der Waals surface area contributed by atoms with Gasteiger partial charge in [0, 0.05) is 16.7 Å². The van der Waals surface area contributed by atoms with Crippen molar-refractivity contribution in [3.05, 3.63) is 71.5 Å². The molecular formula is C20H18BrN5O2. The molecule has 7 nitrogen and oxygen atoms in total. The summed E-state index contributed by atoms with van der Waals surface area (Å²) in [4.78, 5) is 26.6. The summed E-state index contributed by atoms with van der Waals surface area (Å²) >= 11 is 3.35. The van der Waals surface area contributed by atoms with Gasteiger partial charge in [0.2, 0.25) is 5.91 Å². The average Bonchev–Trinajstić information content (AvgIpc) is 3.32. The van der Waals surface area contributed by atoms with Crippen LogP contribution in [0.3, 0.4) is 0 Å². The molecule has 2 aromatic carbocycles. The Morgan fingerprint density at radius 2 is 1.82 bits per heavy atom. The zero-order valence-electron chi connectivity index (χ0n) is 14.9. The molecule has 1 fully saturated rings. The van der Waals surface area contributed by atoms with Gasteiger partial charge in [-0.3, -0.25) is 4.79 Å². The monoisotopic (exact) mass is 439 g/mol. The quantitative estimate of drug-likeness (QED) is 0.651. The number of para-hydroxylation sites is 1. The van der Waals surface area contributed by atoms with Crippen LogP contribution in [0.1, 0.15) is 6.42 Å². The molecule has 1 aromatic heterocycles. The molecule has 1 unspecified atom stereocenters. The van der Waals surface area contributed by atoms with Crippen LogP contribution in [0.5, 0.6) is 0 Å². The number of benzene rings is 2. The largest absolute Gasteiger partial charge is 0.326 e. The number of halogens is 1. The minimum absolute atomic E-state index is 0.140. The van der Waals surface area contributed by atoms with Crippen LogP contribution < -0.4 is 15.5 Å². The van der Waals surface area contributed by atoms with Crippen molar-refractivity contribution in [2.24, 2.45) is 0 Å². The van der Waals surface area contributed by atoms with Crippen LogP contribution in [0.25, 0.3) is 5.69 Å². The molecule has 1 aliphatic heterocycles. The van der Waals surface area contributed by atoms with E-state index in [1.807, 2.05) is 48.7 Å². The number of anilines is 2. The highest BCUT2D eigenvalue weighted by Gasteiger charge is 2.34. The van der Waals surface area contributed by atoms with Gasteiger partial charge in [0.15, 0.2) is 0 Å². The Morgan fingerprint density at radius 1 is 1.07 bits per heavy atom. The number of hydrogen-bond donors (Lipinski definition) is 2. The Morgan fingerprint density at radius 3 is 2.57 bits per heavy atom. The second-order valence-corrected chi connectivity index (χ2v) is 7.33. The van der Waals surface area contributed by atoms with Crippen molar-refractivity contribution in [2.45, 2.75) is 12.5 Å². The van der Waals surface area contributed by atoms with E-state index in [0.717, 1.165) is 10.2 Å². The van der Waals surface area contributed by atoms with E-state index in [1.54, 1.807) is 27.9 Å². The third-order valence-electron chi connectivity index (χ3n) is 4.51. The number of hydrogen-bond acceptors (Lipinski definition) is 3. The van der Waals surface area contributed by atoms with Crippen LogP contribution in [0.2, 0.25) is 0 Å². The Hall–Kier alpha value is -3.13. The van der Waals surface area contributed by atoms with Crippen molar-refractivity contribution in [3.63, 3.8) is 0 Å². The molecule has 0 radical (unpaired) electrons. The smallest absolute Gasteiger partial charge is 0.319 e. The SMILES string of the molecule is O=C(Nc1ccc(Br)cc1)NC1CCN(c2cnn(-c3ccccc3)c2)C1=O. The minimum atomic E-state index is -0.560. The molecular weight excluding hydrogens is 422 g/mol. The van der Waals surface area contributed by atoms with E-state index in [2.05, 4.69) is 31.7 Å². The molecule has 0 saturated carbocycles. The summed E-state index contributed by atoms with van der Waals surface area (Å²) in [6.45, 7) is 0.530. The molecule has 1 aliphatic rings. The summed E-state index contributed by atoms with van der Waals surface area (Å²) in [5, 5.41) is 9.82. The summed E-state index contributed by atoms with van der Waals surface area (Å²) < 4.78 is 2.65. The highest BCUT2D eigenvalue weighted by molar-refractivity contribution is 9.10. The molecule has 4 rings (SSSR count). The fraction of sp³-hybridized carbons (Fsp3) is 0.150. The topological polar surface area (TPSA) is 79.3 Å². The van der Waals surface area contributed by atoms with Crippen molar-refractivity contribution in [2.75, 3.05) is 16.8 Å². The van der Waals surface area contributed by atoms with E-state index in [0.29, 0.717) is 24.3 Å². The summed E-state index contributed by atoms with van der Waals surface area (Å²) in [5.74, 6) is -0.140. The molecule has 1 saturated heterocycles. The fourth-order valence-corrected chi connectivity index (χ4v) is 3.37. The lowest BCUT2D eigenvalue weighted by Gasteiger charge is -2.15. The summed E-state index contributed by atoms with van der Waals surface area (Å²) in [7, 11) is 0. The zero-order chi connectivity index (χ0) is 19.5. The van der Waals surface area contributed by atoms with Gasteiger partial charge < -0.3 is 15.5 Å². The third-order valence-corrected chi connectivity index (χ3v) is 5.04. The zero-order valence-corrected chi connectivity index (χ0v) is 16.5. The lowest BCUT2D eigenvalue weighted by molar-refractivity contribution is -0.118. The van der Waals surface area contributed by atoms with E-state index < -0.39 is 12.1 Å². The molecule has 0 aliphatic carbocycles. The molecule has 0 spiro atoms. The first-order chi connectivity index (χ1) is 13.6. The first kappa shape index (κ1) is 18.2. The lowest BCUT2D eigenvalue weighted by Crippen LogP contribution is -2.43. The van der Waals surface area contributed by atoms with Crippen molar-refractivity contribution < 1.29 is 9.59 Å². The highest BCUT2D eigenvalue weighted by atomic mass is 79.9. The minimum Gasteiger partial charge on any atom is -0.326 e. The van der Waals surface area contributed by atoms with Gasteiger partial charge in [-0.25, -0.2) is 9.48 Å². The molecule has 142 valence electrons. The average molecular weight is 440 g/mol. The Balaban J connectivity index is 1.39. The van der Waals surface area contributed by atoms with Crippen molar-refractivity contribution >= 4 is 39.2 Å². The number of carbonyl (C=O) groups is 2. The van der Waals surface area contributed by atoms with E-state index in [4.69, 9.17) is 0 Å². The molecule has 1 atom stereocenters.